The second kappa shape index (κ2) is 6.99. The summed E-state index contributed by atoms with van der Waals surface area (Å²) < 4.78 is 0. The summed E-state index contributed by atoms with van der Waals surface area (Å²) in [7, 11) is 0. The minimum absolute atomic E-state index is 0.215. The fourth-order valence-electron chi connectivity index (χ4n) is 1.98. The van der Waals surface area contributed by atoms with E-state index in [1.807, 2.05) is 19.1 Å². The normalized spacial score (nSPS) is 10.7. The van der Waals surface area contributed by atoms with Gasteiger partial charge in [0.15, 0.2) is 0 Å². The van der Waals surface area contributed by atoms with Crippen LogP contribution in [-0.2, 0) is 6.42 Å². The standard InChI is InChI=1S/C14H22N2O2/c1-4-11(5-2)10-15-13-8-7-12(6-3)14(9-13)16(17)18/h7-9,11,15H,4-6,10H2,1-3H3. The minimum atomic E-state index is -0.304. The van der Waals surface area contributed by atoms with E-state index in [1.54, 1.807) is 6.07 Å². The van der Waals surface area contributed by atoms with Crippen LogP contribution in [0.4, 0.5) is 11.4 Å². The molecule has 0 unspecified atom stereocenters. The summed E-state index contributed by atoms with van der Waals surface area (Å²) in [4.78, 5) is 10.7. The van der Waals surface area contributed by atoms with Crippen LogP contribution in [0.1, 0.15) is 39.2 Å². The second-order valence-corrected chi connectivity index (χ2v) is 4.52. The Bertz CT molecular complexity index is 401. The molecule has 0 saturated heterocycles. The Morgan fingerprint density at radius 3 is 2.44 bits per heavy atom. The van der Waals surface area contributed by atoms with Gasteiger partial charge in [-0.15, -0.1) is 0 Å². The smallest absolute Gasteiger partial charge is 0.274 e. The topological polar surface area (TPSA) is 55.2 Å². The van der Waals surface area contributed by atoms with Crippen molar-refractivity contribution in [1.29, 1.82) is 0 Å². The van der Waals surface area contributed by atoms with Crippen molar-refractivity contribution in [1.82, 2.24) is 0 Å². The first kappa shape index (κ1) is 14.5. The summed E-state index contributed by atoms with van der Waals surface area (Å²) in [6, 6.07) is 5.41. The number of nitrogens with zero attached hydrogens (tertiary/aromatic N) is 1. The van der Waals surface area contributed by atoms with Gasteiger partial charge in [0.1, 0.15) is 0 Å². The van der Waals surface area contributed by atoms with E-state index in [0.717, 1.165) is 30.6 Å². The molecule has 100 valence electrons. The first-order valence-electron chi connectivity index (χ1n) is 6.63. The van der Waals surface area contributed by atoms with Crippen LogP contribution in [0.5, 0.6) is 0 Å². The number of benzene rings is 1. The molecule has 0 atom stereocenters. The third-order valence-electron chi connectivity index (χ3n) is 3.41. The molecule has 0 spiro atoms. The Balaban J connectivity index is 2.79. The molecule has 0 radical (unpaired) electrons. The Kier molecular flexibility index (Phi) is 5.62. The number of hydrogen-bond donors (Lipinski definition) is 1. The molecule has 0 heterocycles. The molecule has 0 aliphatic carbocycles. The third kappa shape index (κ3) is 3.72. The lowest BCUT2D eigenvalue weighted by atomic mass is 10.0. The second-order valence-electron chi connectivity index (χ2n) is 4.52. The van der Waals surface area contributed by atoms with Crippen molar-refractivity contribution in [2.24, 2.45) is 5.92 Å². The summed E-state index contributed by atoms with van der Waals surface area (Å²) in [5.41, 5.74) is 1.84. The molecule has 1 aromatic carbocycles. The van der Waals surface area contributed by atoms with E-state index in [9.17, 15) is 10.1 Å². The largest absolute Gasteiger partial charge is 0.385 e. The number of nitrogens with one attached hydrogen (secondary N) is 1. The monoisotopic (exact) mass is 250 g/mol. The fourth-order valence-corrected chi connectivity index (χ4v) is 1.98. The maximum absolute atomic E-state index is 11.0. The number of aryl methyl sites for hydroxylation is 1. The fraction of sp³-hybridized carbons (Fsp3) is 0.571. The van der Waals surface area contributed by atoms with E-state index < -0.39 is 0 Å². The molecule has 0 amide bonds. The summed E-state index contributed by atoms with van der Waals surface area (Å²) in [6.07, 6.45) is 2.93. The Morgan fingerprint density at radius 2 is 1.94 bits per heavy atom. The van der Waals surface area contributed by atoms with Gasteiger partial charge in [0.25, 0.3) is 5.69 Å². The van der Waals surface area contributed by atoms with E-state index in [4.69, 9.17) is 0 Å². The predicted octanol–water partition coefficient (Wildman–Crippen LogP) is 4.01. The molecule has 1 N–H and O–H groups in total. The van der Waals surface area contributed by atoms with E-state index in [1.165, 1.54) is 0 Å². The van der Waals surface area contributed by atoms with Crippen LogP contribution in [0.3, 0.4) is 0 Å². The molecule has 1 aromatic rings. The molecule has 0 fully saturated rings. The predicted molar refractivity (Wildman–Crippen MR) is 75.0 cm³/mol. The van der Waals surface area contributed by atoms with Gasteiger partial charge in [0, 0.05) is 23.9 Å². The Hall–Kier alpha value is -1.58. The Labute approximate surface area is 109 Å². The zero-order valence-corrected chi connectivity index (χ0v) is 11.4. The number of hydrogen-bond acceptors (Lipinski definition) is 3. The van der Waals surface area contributed by atoms with Crippen LogP contribution >= 0.6 is 0 Å². The number of nitro groups is 1. The van der Waals surface area contributed by atoms with Crippen molar-refractivity contribution >= 4 is 11.4 Å². The van der Waals surface area contributed by atoms with E-state index in [0.29, 0.717) is 12.3 Å². The summed E-state index contributed by atoms with van der Waals surface area (Å²) >= 11 is 0. The van der Waals surface area contributed by atoms with E-state index in [-0.39, 0.29) is 10.6 Å². The highest BCUT2D eigenvalue weighted by molar-refractivity contribution is 5.55. The molecule has 18 heavy (non-hydrogen) atoms. The third-order valence-corrected chi connectivity index (χ3v) is 3.41. The molecular formula is C14H22N2O2. The first-order valence-corrected chi connectivity index (χ1v) is 6.63. The molecule has 0 aromatic heterocycles. The summed E-state index contributed by atoms with van der Waals surface area (Å²) in [5.74, 6) is 0.620. The SMILES string of the molecule is CCc1ccc(NCC(CC)CC)cc1[N+](=O)[O-]. The van der Waals surface area contributed by atoms with E-state index in [2.05, 4.69) is 19.2 Å². The van der Waals surface area contributed by atoms with Crippen LogP contribution < -0.4 is 5.32 Å². The van der Waals surface area contributed by atoms with Crippen LogP contribution in [0, 0.1) is 16.0 Å². The van der Waals surface area contributed by atoms with Crippen molar-refractivity contribution in [3.63, 3.8) is 0 Å². The maximum Gasteiger partial charge on any atom is 0.274 e. The van der Waals surface area contributed by atoms with Crippen molar-refractivity contribution in [3.05, 3.63) is 33.9 Å². The van der Waals surface area contributed by atoms with Gasteiger partial charge >= 0.3 is 0 Å². The molecule has 4 nitrogen and oxygen atoms in total. The quantitative estimate of drug-likeness (QED) is 0.587. The van der Waals surface area contributed by atoms with Crippen molar-refractivity contribution < 1.29 is 4.92 Å². The Morgan fingerprint density at radius 1 is 1.28 bits per heavy atom. The first-order chi connectivity index (χ1) is 8.62. The molecule has 0 bridgehead atoms. The average molecular weight is 250 g/mol. The summed E-state index contributed by atoms with van der Waals surface area (Å²) in [6.45, 7) is 7.13. The van der Waals surface area contributed by atoms with Gasteiger partial charge in [-0.2, -0.15) is 0 Å². The lowest BCUT2D eigenvalue weighted by Gasteiger charge is -2.14. The van der Waals surface area contributed by atoms with Gasteiger partial charge in [0.2, 0.25) is 0 Å². The van der Waals surface area contributed by atoms with Crippen molar-refractivity contribution in [2.45, 2.75) is 40.0 Å². The van der Waals surface area contributed by atoms with Gasteiger partial charge in [0.05, 0.1) is 4.92 Å². The zero-order valence-electron chi connectivity index (χ0n) is 11.4. The highest BCUT2D eigenvalue weighted by Gasteiger charge is 2.13. The number of anilines is 1. The lowest BCUT2D eigenvalue weighted by Crippen LogP contribution is -2.12. The van der Waals surface area contributed by atoms with Crippen LogP contribution in [-0.4, -0.2) is 11.5 Å². The molecule has 0 aliphatic heterocycles. The molecular weight excluding hydrogens is 228 g/mol. The van der Waals surface area contributed by atoms with Crippen LogP contribution in [0.25, 0.3) is 0 Å². The van der Waals surface area contributed by atoms with Gasteiger partial charge < -0.3 is 5.32 Å². The number of rotatable bonds is 7. The molecule has 0 saturated carbocycles. The lowest BCUT2D eigenvalue weighted by molar-refractivity contribution is -0.385. The molecule has 4 heteroatoms. The zero-order chi connectivity index (χ0) is 13.5. The van der Waals surface area contributed by atoms with Crippen molar-refractivity contribution in [3.8, 4) is 0 Å². The highest BCUT2D eigenvalue weighted by atomic mass is 16.6. The maximum atomic E-state index is 11.0. The van der Waals surface area contributed by atoms with Gasteiger partial charge in [-0.3, -0.25) is 10.1 Å². The molecule has 1 rings (SSSR count). The van der Waals surface area contributed by atoms with Crippen LogP contribution in [0.2, 0.25) is 0 Å². The van der Waals surface area contributed by atoms with Crippen LogP contribution in [0.15, 0.2) is 18.2 Å². The van der Waals surface area contributed by atoms with Gasteiger partial charge in [-0.25, -0.2) is 0 Å². The van der Waals surface area contributed by atoms with E-state index >= 15 is 0 Å². The van der Waals surface area contributed by atoms with Crippen molar-refractivity contribution in [2.75, 3.05) is 11.9 Å². The minimum Gasteiger partial charge on any atom is -0.385 e. The summed E-state index contributed by atoms with van der Waals surface area (Å²) in [5, 5.41) is 14.2. The average Bonchev–Trinajstić information content (AvgIpc) is 2.39. The number of nitro benzene ring substituents is 1. The van der Waals surface area contributed by atoms with Gasteiger partial charge in [-0.1, -0.05) is 39.7 Å². The highest BCUT2D eigenvalue weighted by Crippen LogP contribution is 2.24. The van der Waals surface area contributed by atoms with Gasteiger partial charge in [-0.05, 0) is 18.4 Å². The molecule has 0 aliphatic rings.